The van der Waals surface area contributed by atoms with Crippen molar-refractivity contribution in [1.29, 1.82) is 0 Å². The van der Waals surface area contributed by atoms with Gasteiger partial charge in [-0.1, -0.05) is 23.2 Å². The van der Waals surface area contributed by atoms with Crippen LogP contribution in [0.4, 0.5) is 13.2 Å². The summed E-state index contributed by atoms with van der Waals surface area (Å²) in [6.45, 7) is 0. The summed E-state index contributed by atoms with van der Waals surface area (Å²) < 4.78 is 44.0. The summed E-state index contributed by atoms with van der Waals surface area (Å²) in [6, 6.07) is 4.37. The van der Waals surface area contributed by atoms with E-state index in [9.17, 15) is 13.2 Å². The number of aromatic nitrogens is 2. The summed E-state index contributed by atoms with van der Waals surface area (Å²) in [5, 5.41) is 4.20. The van der Waals surface area contributed by atoms with Gasteiger partial charge in [-0.15, -0.1) is 0 Å². The first-order valence-electron chi connectivity index (χ1n) is 4.99. The summed E-state index contributed by atoms with van der Waals surface area (Å²) in [5.41, 5.74) is -0.723. The van der Waals surface area contributed by atoms with Crippen LogP contribution in [0, 0.1) is 0 Å². The van der Waals surface area contributed by atoms with Crippen molar-refractivity contribution in [3.05, 3.63) is 40.0 Å². The van der Waals surface area contributed by atoms with Crippen molar-refractivity contribution in [2.75, 3.05) is 7.11 Å². The maximum absolute atomic E-state index is 12.7. The summed E-state index contributed by atoms with van der Waals surface area (Å²) in [5.74, 6) is -0.434. The van der Waals surface area contributed by atoms with E-state index in [1.165, 1.54) is 18.2 Å². The molecule has 0 spiro atoms. The normalized spacial score (nSPS) is 11.7. The Balaban J connectivity index is 2.60. The molecule has 0 aliphatic carbocycles. The highest BCUT2D eigenvalue weighted by Gasteiger charge is 2.37. The molecule has 1 heterocycles. The SMILES string of the molecule is COc1c(C(F)(F)F)cnn1-c1ccc(Cl)cc1Cl. The zero-order chi connectivity index (χ0) is 14.2. The second-order valence-corrected chi connectivity index (χ2v) is 4.42. The lowest BCUT2D eigenvalue weighted by atomic mass is 10.3. The van der Waals surface area contributed by atoms with Crippen LogP contribution in [0.1, 0.15) is 5.56 Å². The minimum absolute atomic E-state index is 0.169. The quantitative estimate of drug-likeness (QED) is 0.831. The molecule has 2 aromatic rings. The van der Waals surface area contributed by atoms with Crippen LogP contribution in [-0.4, -0.2) is 16.9 Å². The zero-order valence-electron chi connectivity index (χ0n) is 9.50. The minimum Gasteiger partial charge on any atom is -0.480 e. The second kappa shape index (κ2) is 4.94. The molecule has 0 N–H and O–H groups in total. The number of methoxy groups -OCH3 is 1. The fourth-order valence-corrected chi connectivity index (χ4v) is 2.04. The van der Waals surface area contributed by atoms with Crippen molar-refractivity contribution in [3.8, 4) is 11.6 Å². The summed E-state index contributed by atoms with van der Waals surface area (Å²) in [4.78, 5) is 0. The fourth-order valence-electron chi connectivity index (χ4n) is 1.55. The predicted octanol–water partition coefficient (Wildman–Crippen LogP) is 4.21. The lowest BCUT2D eigenvalue weighted by molar-refractivity contribution is -0.138. The van der Waals surface area contributed by atoms with E-state index in [1.807, 2.05) is 0 Å². The molecule has 1 aromatic heterocycles. The van der Waals surface area contributed by atoms with E-state index in [0.717, 1.165) is 11.8 Å². The van der Waals surface area contributed by atoms with Gasteiger partial charge in [-0.05, 0) is 18.2 Å². The summed E-state index contributed by atoms with van der Waals surface area (Å²) in [6.07, 6.45) is -3.87. The van der Waals surface area contributed by atoms with Crippen molar-refractivity contribution in [3.63, 3.8) is 0 Å². The van der Waals surface area contributed by atoms with E-state index in [0.29, 0.717) is 11.2 Å². The van der Waals surface area contributed by atoms with Gasteiger partial charge in [-0.25, -0.2) is 0 Å². The second-order valence-electron chi connectivity index (χ2n) is 3.57. The van der Waals surface area contributed by atoms with Crippen molar-refractivity contribution in [2.45, 2.75) is 6.18 Å². The molecule has 0 aliphatic rings. The van der Waals surface area contributed by atoms with Crippen LogP contribution < -0.4 is 4.74 Å². The third kappa shape index (κ3) is 2.64. The van der Waals surface area contributed by atoms with Gasteiger partial charge in [0, 0.05) is 5.02 Å². The van der Waals surface area contributed by atoms with Gasteiger partial charge >= 0.3 is 6.18 Å². The number of benzene rings is 1. The van der Waals surface area contributed by atoms with Crippen LogP contribution in [0.2, 0.25) is 10.0 Å². The van der Waals surface area contributed by atoms with Gasteiger partial charge in [0.2, 0.25) is 5.88 Å². The van der Waals surface area contributed by atoms with Crippen LogP contribution in [0.25, 0.3) is 5.69 Å². The molecular weight excluding hydrogens is 304 g/mol. The Hall–Kier alpha value is -1.40. The number of rotatable bonds is 2. The molecule has 1 aromatic carbocycles. The van der Waals surface area contributed by atoms with Crippen LogP contribution in [0.5, 0.6) is 5.88 Å². The van der Waals surface area contributed by atoms with E-state index >= 15 is 0 Å². The van der Waals surface area contributed by atoms with E-state index in [2.05, 4.69) is 5.10 Å². The first-order valence-corrected chi connectivity index (χ1v) is 5.75. The first kappa shape index (κ1) is 14.0. The van der Waals surface area contributed by atoms with Gasteiger partial charge in [-0.2, -0.15) is 23.0 Å². The van der Waals surface area contributed by atoms with Gasteiger partial charge in [0.25, 0.3) is 0 Å². The Morgan fingerprint density at radius 3 is 2.47 bits per heavy atom. The molecular formula is C11H7Cl2F3N2O. The molecule has 0 unspecified atom stereocenters. The molecule has 19 heavy (non-hydrogen) atoms. The molecule has 0 bridgehead atoms. The zero-order valence-corrected chi connectivity index (χ0v) is 11.0. The molecule has 3 nitrogen and oxygen atoms in total. The van der Waals surface area contributed by atoms with Crippen LogP contribution >= 0.6 is 23.2 Å². The molecule has 0 atom stereocenters. The molecule has 102 valence electrons. The Labute approximate surface area is 116 Å². The number of ether oxygens (including phenoxy) is 1. The molecule has 0 saturated carbocycles. The minimum atomic E-state index is -4.55. The highest BCUT2D eigenvalue weighted by atomic mass is 35.5. The van der Waals surface area contributed by atoms with Gasteiger partial charge in [0.1, 0.15) is 5.56 Å². The number of alkyl halides is 3. The van der Waals surface area contributed by atoms with E-state index in [-0.39, 0.29) is 10.7 Å². The third-order valence-electron chi connectivity index (χ3n) is 2.36. The molecule has 2 rings (SSSR count). The molecule has 0 saturated heterocycles. The number of nitrogens with zero attached hydrogens (tertiary/aromatic N) is 2. The average molecular weight is 311 g/mol. The predicted molar refractivity (Wildman–Crippen MR) is 65.1 cm³/mol. The standard InChI is InChI=1S/C11H7Cl2F3N2O/c1-19-10-7(11(14,15)16)5-17-18(10)9-3-2-6(12)4-8(9)13/h2-5H,1H3. The maximum atomic E-state index is 12.7. The van der Waals surface area contributed by atoms with Crippen LogP contribution in [0.15, 0.2) is 24.4 Å². The monoisotopic (exact) mass is 310 g/mol. The van der Waals surface area contributed by atoms with E-state index in [4.69, 9.17) is 27.9 Å². The summed E-state index contributed by atoms with van der Waals surface area (Å²) in [7, 11) is 1.13. The topological polar surface area (TPSA) is 27.1 Å². The number of hydrogen-bond donors (Lipinski definition) is 0. The van der Waals surface area contributed by atoms with E-state index in [1.54, 1.807) is 0 Å². The Bertz CT molecular complexity index is 610. The fraction of sp³-hybridized carbons (Fsp3) is 0.182. The van der Waals surface area contributed by atoms with Crippen LogP contribution in [0.3, 0.4) is 0 Å². The van der Waals surface area contributed by atoms with Crippen molar-refractivity contribution in [2.24, 2.45) is 0 Å². The van der Waals surface area contributed by atoms with Gasteiger partial charge < -0.3 is 4.74 Å². The summed E-state index contributed by atoms with van der Waals surface area (Å²) >= 11 is 11.7. The molecule has 0 radical (unpaired) electrons. The highest BCUT2D eigenvalue weighted by Crippen LogP contribution is 2.38. The molecule has 8 heteroatoms. The number of hydrogen-bond acceptors (Lipinski definition) is 2. The Morgan fingerprint density at radius 1 is 1.26 bits per heavy atom. The largest absolute Gasteiger partial charge is 0.480 e. The number of halogens is 5. The van der Waals surface area contributed by atoms with Crippen molar-refractivity contribution < 1.29 is 17.9 Å². The Morgan fingerprint density at radius 2 is 1.95 bits per heavy atom. The van der Waals surface area contributed by atoms with Crippen LogP contribution in [-0.2, 0) is 6.18 Å². The lowest BCUT2D eigenvalue weighted by Gasteiger charge is -2.11. The molecule has 0 fully saturated rings. The van der Waals surface area contributed by atoms with Crippen molar-refractivity contribution >= 4 is 23.2 Å². The van der Waals surface area contributed by atoms with Gasteiger partial charge in [0.15, 0.2) is 0 Å². The lowest BCUT2D eigenvalue weighted by Crippen LogP contribution is -2.08. The van der Waals surface area contributed by atoms with E-state index < -0.39 is 17.6 Å². The Kier molecular flexibility index (Phi) is 3.64. The maximum Gasteiger partial charge on any atom is 0.423 e. The van der Waals surface area contributed by atoms with Crippen molar-refractivity contribution in [1.82, 2.24) is 9.78 Å². The highest BCUT2D eigenvalue weighted by molar-refractivity contribution is 6.35. The first-order chi connectivity index (χ1) is 8.84. The third-order valence-corrected chi connectivity index (χ3v) is 2.90. The molecule has 0 aliphatic heterocycles. The smallest absolute Gasteiger partial charge is 0.423 e. The molecule has 0 amide bonds. The average Bonchev–Trinajstić information content (AvgIpc) is 2.72. The van der Waals surface area contributed by atoms with Gasteiger partial charge in [-0.3, -0.25) is 0 Å². The van der Waals surface area contributed by atoms with Gasteiger partial charge in [0.05, 0.1) is 24.0 Å².